The number of halogens is 3. The van der Waals surface area contributed by atoms with Crippen LogP contribution in [0.3, 0.4) is 0 Å². The number of aromatic nitrogens is 3. The maximum Gasteiger partial charge on any atom is 0.452 e. The number of esters is 1. The molecule has 12 heteroatoms. The molecule has 9 nitrogen and oxygen atoms in total. The summed E-state index contributed by atoms with van der Waals surface area (Å²) in [4.78, 5) is 12.4. The van der Waals surface area contributed by atoms with Crippen LogP contribution < -0.4 is 9.47 Å². The summed E-state index contributed by atoms with van der Waals surface area (Å²) < 4.78 is 65.0. The van der Waals surface area contributed by atoms with Crippen LogP contribution in [0, 0.1) is 11.3 Å². The topological polar surface area (TPSA) is 108 Å². The van der Waals surface area contributed by atoms with Crippen molar-refractivity contribution >= 4 is 5.97 Å². The van der Waals surface area contributed by atoms with Gasteiger partial charge in [0, 0.05) is 11.1 Å². The number of alkyl halides is 3. The van der Waals surface area contributed by atoms with E-state index in [1.54, 1.807) is 25.1 Å². The highest BCUT2D eigenvalue weighted by molar-refractivity contribution is 5.70. The van der Waals surface area contributed by atoms with Gasteiger partial charge in [-0.25, -0.2) is 0 Å². The SMILES string of the molecule is CCOC(=O)C[C@@H]1O[C@@H](c2cccc(OC)c2OC)c2cc(C#N)ccc2-n2c1nnc2C(F)(F)F. The summed E-state index contributed by atoms with van der Waals surface area (Å²) in [6.07, 6.45) is -7.63. The number of hydrogen-bond acceptors (Lipinski definition) is 8. The molecule has 0 bridgehead atoms. The first-order valence-corrected chi connectivity index (χ1v) is 10.8. The molecule has 1 aromatic heterocycles. The van der Waals surface area contributed by atoms with Crippen LogP contribution in [0.5, 0.6) is 11.5 Å². The van der Waals surface area contributed by atoms with Crippen LogP contribution in [0.4, 0.5) is 13.2 Å². The summed E-state index contributed by atoms with van der Waals surface area (Å²) in [5, 5.41) is 16.6. The fourth-order valence-electron chi connectivity index (χ4n) is 4.13. The Morgan fingerprint density at radius 3 is 2.58 bits per heavy atom. The zero-order chi connectivity index (χ0) is 26.0. The molecule has 0 unspecified atom stereocenters. The minimum atomic E-state index is -4.86. The van der Waals surface area contributed by atoms with Crippen molar-refractivity contribution < 1.29 is 36.9 Å². The second-order valence-corrected chi connectivity index (χ2v) is 7.70. The van der Waals surface area contributed by atoms with Gasteiger partial charge in [0.1, 0.15) is 12.2 Å². The first-order valence-electron chi connectivity index (χ1n) is 10.8. The van der Waals surface area contributed by atoms with Crippen LogP contribution >= 0.6 is 0 Å². The number of nitriles is 1. The number of methoxy groups -OCH3 is 2. The van der Waals surface area contributed by atoms with Gasteiger partial charge >= 0.3 is 12.1 Å². The van der Waals surface area contributed by atoms with E-state index in [0.717, 1.165) is 4.57 Å². The van der Waals surface area contributed by atoms with Gasteiger partial charge in [-0.3, -0.25) is 9.36 Å². The standard InChI is InChI=1S/C24H21F3N4O5/c1-4-35-19(32)11-18-22-29-30-23(24(25,26)27)31(22)16-9-8-13(12-28)10-15(16)20(36-18)14-6-5-7-17(33-2)21(14)34-3/h5-10,18,20H,4,11H2,1-3H3/t18-,20-/m0/s1. The smallest absolute Gasteiger partial charge is 0.452 e. The quantitative estimate of drug-likeness (QED) is 0.460. The maximum atomic E-state index is 14.0. The summed E-state index contributed by atoms with van der Waals surface area (Å²) in [6.45, 7) is 1.68. The lowest BCUT2D eigenvalue weighted by atomic mass is 9.96. The molecule has 2 atom stereocenters. The lowest BCUT2D eigenvalue weighted by Gasteiger charge is -2.24. The van der Waals surface area contributed by atoms with E-state index in [4.69, 9.17) is 18.9 Å². The number of para-hydroxylation sites is 1. The van der Waals surface area contributed by atoms with Crippen LogP contribution in [-0.2, 0) is 20.4 Å². The number of benzene rings is 2. The second-order valence-electron chi connectivity index (χ2n) is 7.70. The average Bonchev–Trinajstić information content (AvgIpc) is 3.26. The van der Waals surface area contributed by atoms with Crippen LogP contribution in [0.15, 0.2) is 36.4 Å². The molecular formula is C24H21F3N4O5. The fourth-order valence-corrected chi connectivity index (χ4v) is 4.13. The Morgan fingerprint density at radius 1 is 1.17 bits per heavy atom. The molecule has 4 rings (SSSR count). The molecule has 188 valence electrons. The Labute approximate surface area is 204 Å². The lowest BCUT2D eigenvalue weighted by Crippen LogP contribution is -2.18. The largest absolute Gasteiger partial charge is 0.493 e. The number of hydrogen-bond donors (Lipinski definition) is 0. The lowest BCUT2D eigenvalue weighted by molar-refractivity contribution is -0.147. The molecule has 0 amide bonds. The van der Waals surface area contributed by atoms with Crippen LogP contribution in [-0.4, -0.2) is 41.6 Å². The Morgan fingerprint density at radius 2 is 1.94 bits per heavy atom. The van der Waals surface area contributed by atoms with E-state index in [9.17, 15) is 23.2 Å². The van der Waals surface area contributed by atoms with Crippen molar-refractivity contribution in [1.82, 2.24) is 14.8 Å². The van der Waals surface area contributed by atoms with Crippen LogP contribution in [0.1, 0.15) is 53.9 Å². The van der Waals surface area contributed by atoms with Gasteiger partial charge < -0.3 is 18.9 Å². The molecule has 2 aromatic carbocycles. The number of ether oxygens (including phenoxy) is 4. The molecule has 0 radical (unpaired) electrons. The number of fused-ring (bicyclic) bond motifs is 3. The molecule has 1 aliphatic rings. The minimum absolute atomic E-state index is 0.0440. The first kappa shape index (κ1) is 25.0. The van der Waals surface area contributed by atoms with E-state index in [1.807, 2.05) is 6.07 Å². The van der Waals surface area contributed by atoms with Gasteiger partial charge in [0.15, 0.2) is 17.3 Å². The molecule has 3 aromatic rings. The number of nitrogens with zero attached hydrogens (tertiary/aromatic N) is 4. The van der Waals surface area contributed by atoms with E-state index in [0.29, 0.717) is 11.3 Å². The van der Waals surface area contributed by atoms with E-state index in [-0.39, 0.29) is 35.0 Å². The van der Waals surface area contributed by atoms with Crippen LogP contribution in [0.2, 0.25) is 0 Å². The van der Waals surface area contributed by atoms with Gasteiger partial charge in [-0.05, 0) is 31.2 Å². The highest BCUT2D eigenvalue weighted by Gasteiger charge is 2.44. The molecule has 1 aliphatic heterocycles. The third-order valence-electron chi connectivity index (χ3n) is 5.58. The maximum absolute atomic E-state index is 14.0. The van der Waals surface area contributed by atoms with Gasteiger partial charge in [0.05, 0.1) is 44.6 Å². The highest BCUT2D eigenvalue weighted by Crippen LogP contribution is 2.47. The second kappa shape index (κ2) is 9.87. The van der Waals surface area contributed by atoms with Gasteiger partial charge in [0.25, 0.3) is 0 Å². The fraction of sp³-hybridized carbons (Fsp3) is 0.333. The Hall–Kier alpha value is -4.11. The minimum Gasteiger partial charge on any atom is -0.493 e. The third-order valence-corrected chi connectivity index (χ3v) is 5.58. The van der Waals surface area contributed by atoms with Crippen molar-refractivity contribution in [2.75, 3.05) is 20.8 Å². The summed E-state index contributed by atoms with van der Waals surface area (Å²) in [7, 11) is 2.86. The van der Waals surface area contributed by atoms with Crippen molar-refractivity contribution in [2.45, 2.75) is 31.7 Å². The van der Waals surface area contributed by atoms with E-state index >= 15 is 0 Å². The molecular weight excluding hydrogens is 481 g/mol. The predicted molar refractivity (Wildman–Crippen MR) is 118 cm³/mol. The number of carbonyl (C=O) groups excluding carboxylic acids is 1. The number of carbonyl (C=O) groups is 1. The van der Waals surface area contributed by atoms with Crippen molar-refractivity contribution in [3.8, 4) is 23.3 Å². The average molecular weight is 502 g/mol. The molecule has 0 fully saturated rings. The predicted octanol–water partition coefficient (Wildman–Crippen LogP) is 4.29. The van der Waals surface area contributed by atoms with Gasteiger partial charge in [-0.15, -0.1) is 10.2 Å². The summed E-state index contributed by atoms with van der Waals surface area (Å²) in [5.74, 6) is -1.57. The third kappa shape index (κ3) is 4.45. The monoisotopic (exact) mass is 502 g/mol. The molecule has 0 N–H and O–H groups in total. The first-order chi connectivity index (χ1) is 17.2. The summed E-state index contributed by atoms with van der Waals surface area (Å²) >= 11 is 0. The van der Waals surface area contributed by atoms with E-state index < -0.39 is 36.6 Å². The molecule has 0 saturated heterocycles. The normalized spacial score (nSPS) is 16.8. The summed E-state index contributed by atoms with van der Waals surface area (Å²) in [6, 6.07) is 11.1. The molecule has 0 saturated carbocycles. The molecule has 2 heterocycles. The molecule has 36 heavy (non-hydrogen) atoms. The van der Waals surface area contributed by atoms with Gasteiger partial charge in [0.2, 0.25) is 5.82 Å². The zero-order valence-corrected chi connectivity index (χ0v) is 19.5. The molecule has 0 spiro atoms. The molecule has 0 aliphatic carbocycles. The van der Waals surface area contributed by atoms with Crippen molar-refractivity contribution in [1.29, 1.82) is 5.26 Å². The Kier molecular flexibility index (Phi) is 6.85. The van der Waals surface area contributed by atoms with E-state index in [1.165, 1.54) is 32.4 Å². The van der Waals surface area contributed by atoms with Gasteiger partial charge in [-0.1, -0.05) is 12.1 Å². The van der Waals surface area contributed by atoms with Crippen molar-refractivity contribution in [3.63, 3.8) is 0 Å². The highest BCUT2D eigenvalue weighted by atomic mass is 19.4. The van der Waals surface area contributed by atoms with Crippen molar-refractivity contribution in [2.24, 2.45) is 0 Å². The van der Waals surface area contributed by atoms with Gasteiger partial charge in [-0.2, -0.15) is 18.4 Å². The Bertz CT molecular complexity index is 1330. The van der Waals surface area contributed by atoms with E-state index in [2.05, 4.69) is 10.2 Å². The zero-order valence-electron chi connectivity index (χ0n) is 19.5. The summed E-state index contributed by atoms with van der Waals surface area (Å²) in [5.41, 5.74) is 0.867. The number of rotatable bonds is 6. The Balaban J connectivity index is 2.02. The van der Waals surface area contributed by atoms with Crippen molar-refractivity contribution in [3.05, 3.63) is 64.7 Å². The van der Waals surface area contributed by atoms with Crippen LogP contribution in [0.25, 0.3) is 5.69 Å².